The van der Waals surface area contributed by atoms with Crippen molar-refractivity contribution in [2.75, 3.05) is 0 Å². The highest BCUT2D eigenvalue weighted by atomic mass is 19.1. The first kappa shape index (κ1) is 18.7. The normalized spacial score (nSPS) is 19.9. The molecule has 1 fully saturated rings. The van der Waals surface area contributed by atoms with E-state index in [1.807, 2.05) is 43.3 Å². The Kier molecular flexibility index (Phi) is 5.43. The van der Waals surface area contributed by atoms with Crippen molar-refractivity contribution in [3.05, 3.63) is 90.3 Å². The summed E-state index contributed by atoms with van der Waals surface area (Å²) in [6.07, 6.45) is 10.8. The number of benzene rings is 3. The Morgan fingerprint density at radius 3 is 2.29 bits per heavy atom. The Morgan fingerprint density at radius 1 is 0.893 bits per heavy atom. The number of allylic oxidation sites excluding steroid dienone is 2. The second-order valence-corrected chi connectivity index (χ2v) is 7.87. The molecule has 1 aliphatic rings. The Morgan fingerprint density at radius 2 is 1.61 bits per heavy atom. The molecule has 4 rings (SSSR count). The summed E-state index contributed by atoms with van der Waals surface area (Å²) in [5.74, 6) is 1.22. The van der Waals surface area contributed by atoms with Gasteiger partial charge in [0.15, 0.2) is 0 Å². The lowest BCUT2D eigenvalue weighted by Gasteiger charge is -2.27. The average molecular weight is 371 g/mol. The van der Waals surface area contributed by atoms with Gasteiger partial charge in [0.1, 0.15) is 5.82 Å². The molecule has 0 N–H and O–H groups in total. The van der Waals surface area contributed by atoms with Crippen LogP contribution >= 0.6 is 0 Å². The van der Waals surface area contributed by atoms with E-state index in [4.69, 9.17) is 0 Å². The SMILES string of the molecule is C=CC1CCC(c2ccc(-c3ccc4c(F)c(/C=C/C)ccc4c3)cc2)CC1. The molecule has 0 atom stereocenters. The third kappa shape index (κ3) is 3.67. The molecule has 0 unspecified atom stereocenters. The first-order chi connectivity index (χ1) is 13.7. The average Bonchev–Trinajstić information content (AvgIpc) is 2.76. The summed E-state index contributed by atoms with van der Waals surface area (Å²) in [5, 5.41) is 1.62. The molecule has 0 spiro atoms. The minimum atomic E-state index is -0.146. The quantitative estimate of drug-likeness (QED) is 0.407. The molecule has 3 aromatic carbocycles. The van der Waals surface area contributed by atoms with Crippen LogP contribution in [-0.2, 0) is 0 Å². The van der Waals surface area contributed by atoms with Gasteiger partial charge in [0.2, 0.25) is 0 Å². The van der Waals surface area contributed by atoms with Gasteiger partial charge in [0, 0.05) is 10.9 Å². The van der Waals surface area contributed by atoms with Crippen molar-refractivity contribution < 1.29 is 4.39 Å². The number of hydrogen-bond donors (Lipinski definition) is 0. The maximum absolute atomic E-state index is 14.6. The number of hydrogen-bond acceptors (Lipinski definition) is 0. The Balaban J connectivity index is 1.58. The van der Waals surface area contributed by atoms with Crippen molar-refractivity contribution in [3.8, 4) is 11.1 Å². The molecule has 0 radical (unpaired) electrons. The molecule has 0 heterocycles. The van der Waals surface area contributed by atoms with Crippen LogP contribution in [0.2, 0.25) is 0 Å². The van der Waals surface area contributed by atoms with Crippen LogP contribution in [0, 0.1) is 11.7 Å². The number of fused-ring (bicyclic) bond motifs is 1. The van der Waals surface area contributed by atoms with Crippen LogP contribution in [0.4, 0.5) is 4.39 Å². The van der Waals surface area contributed by atoms with Gasteiger partial charge in [-0.05, 0) is 72.6 Å². The van der Waals surface area contributed by atoms with E-state index in [0.717, 1.165) is 10.9 Å². The highest BCUT2D eigenvalue weighted by Crippen LogP contribution is 2.37. The molecule has 0 nitrogen and oxygen atoms in total. The summed E-state index contributed by atoms with van der Waals surface area (Å²) >= 11 is 0. The van der Waals surface area contributed by atoms with Crippen molar-refractivity contribution in [1.29, 1.82) is 0 Å². The van der Waals surface area contributed by atoms with Crippen LogP contribution < -0.4 is 0 Å². The predicted octanol–water partition coefficient (Wildman–Crippen LogP) is 8.14. The number of rotatable bonds is 4. The number of halogens is 1. The Hall–Kier alpha value is -2.67. The summed E-state index contributed by atoms with van der Waals surface area (Å²) in [6, 6.07) is 18.8. The lowest BCUT2D eigenvalue weighted by molar-refractivity contribution is 0.376. The summed E-state index contributed by atoms with van der Waals surface area (Å²) < 4.78 is 14.6. The smallest absolute Gasteiger partial charge is 0.138 e. The van der Waals surface area contributed by atoms with Crippen LogP contribution in [0.25, 0.3) is 28.0 Å². The minimum absolute atomic E-state index is 0.146. The van der Waals surface area contributed by atoms with E-state index >= 15 is 0 Å². The van der Waals surface area contributed by atoms with E-state index in [1.165, 1.54) is 36.8 Å². The van der Waals surface area contributed by atoms with Crippen LogP contribution in [0.15, 0.2) is 73.3 Å². The second kappa shape index (κ2) is 8.14. The van der Waals surface area contributed by atoms with Crippen LogP contribution in [0.3, 0.4) is 0 Å². The van der Waals surface area contributed by atoms with Crippen molar-refractivity contribution in [1.82, 2.24) is 0 Å². The molecule has 28 heavy (non-hydrogen) atoms. The molecular weight excluding hydrogens is 343 g/mol. The Bertz CT molecular complexity index is 1000. The van der Waals surface area contributed by atoms with E-state index in [9.17, 15) is 4.39 Å². The summed E-state index contributed by atoms with van der Waals surface area (Å²) in [7, 11) is 0. The van der Waals surface area contributed by atoms with E-state index in [2.05, 4.69) is 43.0 Å². The third-order valence-corrected chi connectivity index (χ3v) is 6.15. The second-order valence-electron chi connectivity index (χ2n) is 7.87. The fraction of sp³-hybridized carbons (Fsp3) is 0.259. The van der Waals surface area contributed by atoms with Gasteiger partial charge in [-0.25, -0.2) is 4.39 Å². The van der Waals surface area contributed by atoms with Crippen LogP contribution in [-0.4, -0.2) is 0 Å². The Labute approximate surface area is 167 Å². The summed E-state index contributed by atoms with van der Waals surface area (Å²) in [5.41, 5.74) is 4.39. The molecule has 1 aliphatic carbocycles. The third-order valence-electron chi connectivity index (χ3n) is 6.15. The van der Waals surface area contributed by atoms with Crippen LogP contribution in [0.5, 0.6) is 0 Å². The van der Waals surface area contributed by atoms with Gasteiger partial charge in [-0.3, -0.25) is 0 Å². The van der Waals surface area contributed by atoms with Gasteiger partial charge < -0.3 is 0 Å². The maximum atomic E-state index is 14.6. The molecular formula is C27H27F. The summed E-state index contributed by atoms with van der Waals surface area (Å²) in [6.45, 7) is 5.85. The monoisotopic (exact) mass is 370 g/mol. The summed E-state index contributed by atoms with van der Waals surface area (Å²) in [4.78, 5) is 0. The standard InChI is InChI=1S/C27H27F/c1-3-5-23-14-15-25-18-24(16-17-26(25)27(23)28)22-12-10-21(11-13-22)20-8-6-19(4-2)7-9-20/h3-5,10-20H,2,6-9H2,1H3/b5-3+. The predicted molar refractivity (Wildman–Crippen MR) is 119 cm³/mol. The molecule has 1 heteroatoms. The zero-order valence-corrected chi connectivity index (χ0v) is 16.5. The fourth-order valence-electron chi connectivity index (χ4n) is 4.43. The molecule has 0 amide bonds. The van der Waals surface area contributed by atoms with Crippen molar-refractivity contribution in [2.24, 2.45) is 5.92 Å². The lowest BCUT2D eigenvalue weighted by atomic mass is 9.78. The topological polar surface area (TPSA) is 0 Å². The largest absolute Gasteiger partial charge is 0.206 e. The van der Waals surface area contributed by atoms with Gasteiger partial charge in [0.05, 0.1) is 0 Å². The zero-order chi connectivity index (χ0) is 19.5. The van der Waals surface area contributed by atoms with Gasteiger partial charge in [0.25, 0.3) is 0 Å². The van der Waals surface area contributed by atoms with Gasteiger partial charge in [-0.2, -0.15) is 0 Å². The van der Waals surface area contributed by atoms with E-state index in [1.54, 1.807) is 0 Å². The molecule has 1 saturated carbocycles. The molecule has 0 aliphatic heterocycles. The first-order valence-corrected chi connectivity index (χ1v) is 10.3. The highest BCUT2D eigenvalue weighted by molar-refractivity contribution is 5.89. The van der Waals surface area contributed by atoms with Gasteiger partial charge in [-0.1, -0.05) is 66.8 Å². The van der Waals surface area contributed by atoms with E-state index in [0.29, 0.717) is 22.8 Å². The molecule has 3 aromatic rings. The van der Waals surface area contributed by atoms with Gasteiger partial charge >= 0.3 is 0 Å². The van der Waals surface area contributed by atoms with Gasteiger partial charge in [-0.15, -0.1) is 6.58 Å². The molecule has 0 bridgehead atoms. The fourth-order valence-corrected chi connectivity index (χ4v) is 4.43. The highest BCUT2D eigenvalue weighted by Gasteiger charge is 2.20. The first-order valence-electron chi connectivity index (χ1n) is 10.3. The van der Waals surface area contributed by atoms with Crippen LogP contribution in [0.1, 0.15) is 49.7 Å². The molecule has 0 aromatic heterocycles. The van der Waals surface area contributed by atoms with E-state index < -0.39 is 0 Å². The van der Waals surface area contributed by atoms with Crippen molar-refractivity contribution >= 4 is 16.8 Å². The zero-order valence-electron chi connectivity index (χ0n) is 16.5. The minimum Gasteiger partial charge on any atom is -0.206 e. The molecule has 142 valence electrons. The maximum Gasteiger partial charge on any atom is 0.138 e. The van der Waals surface area contributed by atoms with Crippen molar-refractivity contribution in [3.63, 3.8) is 0 Å². The van der Waals surface area contributed by atoms with E-state index in [-0.39, 0.29) is 5.82 Å². The van der Waals surface area contributed by atoms with Crippen molar-refractivity contribution in [2.45, 2.75) is 38.5 Å². The molecule has 0 saturated heterocycles. The lowest BCUT2D eigenvalue weighted by Crippen LogP contribution is -2.11.